The van der Waals surface area contributed by atoms with E-state index in [0.717, 1.165) is 11.1 Å². The molecular formula is C46H45N3S2. The number of rotatable bonds is 8. The van der Waals surface area contributed by atoms with E-state index < -0.39 is 0 Å². The summed E-state index contributed by atoms with van der Waals surface area (Å²) in [4.78, 5) is 0. The van der Waals surface area contributed by atoms with Crippen LogP contribution in [0.1, 0.15) is 34.7 Å². The van der Waals surface area contributed by atoms with Crippen molar-refractivity contribution in [3.8, 4) is 22.3 Å². The molecule has 256 valence electrons. The predicted molar refractivity (Wildman–Crippen MR) is 230 cm³/mol. The van der Waals surface area contributed by atoms with Crippen molar-refractivity contribution in [1.29, 1.82) is 0 Å². The lowest BCUT2D eigenvalue weighted by molar-refractivity contribution is 1.07. The Morgan fingerprint density at radius 2 is 1.25 bits per heavy atom. The fraction of sp³-hybridized carbons (Fsp3) is 0.0870. The van der Waals surface area contributed by atoms with E-state index in [1.165, 1.54) is 70.3 Å². The van der Waals surface area contributed by atoms with Gasteiger partial charge >= 0.3 is 0 Å². The van der Waals surface area contributed by atoms with Gasteiger partial charge in [0.15, 0.2) is 0 Å². The van der Waals surface area contributed by atoms with E-state index in [1.807, 2.05) is 11.3 Å². The lowest BCUT2D eigenvalue weighted by Gasteiger charge is -2.13. The molecule has 5 heteroatoms. The maximum absolute atomic E-state index is 6.11. The Morgan fingerprint density at radius 3 is 1.98 bits per heavy atom. The Hall–Kier alpha value is -5.01. The van der Waals surface area contributed by atoms with Gasteiger partial charge in [0.25, 0.3) is 0 Å². The molecule has 7 rings (SSSR count). The third-order valence-electron chi connectivity index (χ3n) is 8.88. The van der Waals surface area contributed by atoms with Gasteiger partial charge in [-0.25, -0.2) is 0 Å². The van der Waals surface area contributed by atoms with E-state index in [2.05, 4.69) is 189 Å². The van der Waals surface area contributed by atoms with E-state index in [1.54, 1.807) is 0 Å². The van der Waals surface area contributed by atoms with Gasteiger partial charge in [0.1, 0.15) is 0 Å². The predicted octanol–water partition coefficient (Wildman–Crippen LogP) is 11.2. The van der Waals surface area contributed by atoms with Crippen LogP contribution in [0.15, 0.2) is 158 Å². The van der Waals surface area contributed by atoms with Crippen LogP contribution in [0.5, 0.6) is 0 Å². The first kappa shape index (κ1) is 37.3. The van der Waals surface area contributed by atoms with Gasteiger partial charge in [-0.3, -0.25) is 0 Å². The van der Waals surface area contributed by atoms with Crippen LogP contribution < -0.4 is 17.2 Å². The minimum atomic E-state index is 0. The zero-order chi connectivity index (χ0) is 34.9. The summed E-state index contributed by atoms with van der Waals surface area (Å²) in [7, 11) is 0. The van der Waals surface area contributed by atoms with E-state index in [0.29, 0.717) is 6.54 Å². The standard InChI is InChI=1S/C45H37NS.CH6N2.H2S/c1-3-39(38-24-26-43-42-15-9-10-16-44(42)47-45(43)30-38)35-20-17-33(18-21-35)34(27-28-46)19-22-37-29-36(32-12-5-4-6-13-32)23-25-41(37)40-14-8-7-11-31(40)2;2-1-3;/h3-27,29-30H,28,46H2,1-2H3;1-3H2;1H2/b22-19-,34-27+,39-3+;;. The maximum atomic E-state index is 6.11. The van der Waals surface area contributed by atoms with Crippen molar-refractivity contribution in [3.05, 3.63) is 186 Å². The van der Waals surface area contributed by atoms with Crippen molar-refractivity contribution in [2.24, 2.45) is 17.2 Å². The molecule has 0 bridgehead atoms. The first-order valence-electron chi connectivity index (χ1n) is 17.0. The minimum absolute atomic E-state index is 0. The summed E-state index contributed by atoms with van der Waals surface area (Å²) < 4.78 is 2.65. The minimum Gasteiger partial charge on any atom is -0.327 e. The molecule has 0 saturated carbocycles. The molecule has 0 aliphatic rings. The second kappa shape index (κ2) is 17.8. The van der Waals surface area contributed by atoms with Gasteiger partial charge in [0.2, 0.25) is 0 Å². The van der Waals surface area contributed by atoms with Gasteiger partial charge in [-0.15, -0.1) is 11.3 Å². The quantitative estimate of drug-likeness (QED) is 0.109. The van der Waals surface area contributed by atoms with Gasteiger partial charge in [0.05, 0.1) is 0 Å². The summed E-state index contributed by atoms with van der Waals surface area (Å²) >= 11 is 1.86. The van der Waals surface area contributed by atoms with Crippen LogP contribution in [0.2, 0.25) is 0 Å². The first-order valence-corrected chi connectivity index (χ1v) is 17.8. The Morgan fingerprint density at radius 1 is 0.608 bits per heavy atom. The van der Waals surface area contributed by atoms with Crippen LogP contribution in [0, 0.1) is 6.92 Å². The molecule has 0 amide bonds. The Balaban J connectivity index is 0.00000122. The lowest BCUT2D eigenvalue weighted by atomic mass is 9.91. The average Bonchev–Trinajstić information content (AvgIpc) is 3.53. The number of hydrogen-bond acceptors (Lipinski definition) is 4. The van der Waals surface area contributed by atoms with Crippen molar-refractivity contribution in [2.75, 3.05) is 13.2 Å². The summed E-state index contributed by atoms with van der Waals surface area (Å²) in [6.45, 7) is 5.01. The molecule has 6 aromatic carbocycles. The summed E-state index contributed by atoms with van der Waals surface area (Å²) in [6.07, 6.45) is 8.76. The largest absolute Gasteiger partial charge is 0.327 e. The lowest BCUT2D eigenvalue weighted by Crippen LogP contribution is -2.08. The fourth-order valence-electron chi connectivity index (χ4n) is 6.46. The number of fused-ring (bicyclic) bond motifs is 3. The van der Waals surface area contributed by atoms with Crippen molar-refractivity contribution >= 4 is 62.2 Å². The zero-order valence-electron chi connectivity index (χ0n) is 29.1. The Labute approximate surface area is 312 Å². The monoisotopic (exact) mass is 703 g/mol. The molecule has 0 spiro atoms. The highest BCUT2D eigenvalue weighted by molar-refractivity contribution is 7.59. The van der Waals surface area contributed by atoms with Gasteiger partial charge in [0, 0.05) is 33.4 Å². The third-order valence-corrected chi connectivity index (χ3v) is 10.0. The molecule has 0 radical (unpaired) electrons. The Kier molecular flexibility index (Phi) is 13.0. The van der Waals surface area contributed by atoms with Crippen LogP contribution in [0.4, 0.5) is 0 Å². The van der Waals surface area contributed by atoms with Crippen LogP contribution >= 0.6 is 24.8 Å². The van der Waals surface area contributed by atoms with Gasteiger partial charge in [-0.05, 0) is 93.3 Å². The van der Waals surface area contributed by atoms with Crippen molar-refractivity contribution in [3.63, 3.8) is 0 Å². The molecular weight excluding hydrogens is 659 g/mol. The molecule has 0 aliphatic heterocycles. The summed E-state index contributed by atoms with van der Waals surface area (Å²) in [5.41, 5.74) is 28.6. The molecule has 3 nitrogen and oxygen atoms in total. The normalized spacial score (nSPS) is 11.8. The van der Waals surface area contributed by atoms with E-state index in [9.17, 15) is 0 Å². The smallest absolute Gasteiger partial charge is 0.0403 e. The zero-order valence-corrected chi connectivity index (χ0v) is 31.0. The molecule has 0 fully saturated rings. The van der Waals surface area contributed by atoms with Gasteiger partial charge in [-0.2, -0.15) is 13.5 Å². The third kappa shape index (κ3) is 8.49. The topological polar surface area (TPSA) is 78.1 Å². The highest BCUT2D eigenvalue weighted by Crippen LogP contribution is 2.37. The summed E-state index contributed by atoms with van der Waals surface area (Å²) in [5.74, 6) is 0. The molecule has 7 aromatic rings. The van der Waals surface area contributed by atoms with Crippen LogP contribution in [-0.4, -0.2) is 13.2 Å². The maximum Gasteiger partial charge on any atom is 0.0403 e. The highest BCUT2D eigenvalue weighted by atomic mass is 32.1. The second-order valence-electron chi connectivity index (χ2n) is 12.0. The van der Waals surface area contributed by atoms with Crippen LogP contribution in [0.25, 0.3) is 59.6 Å². The molecule has 1 heterocycles. The Bertz CT molecular complexity index is 2310. The van der Waals surface area contributed by atoms with E-state index in [-0.39, 0.29) is 20.2 Å². The molecule has 0 unspecified atom stereocenters. The number of hydrogen-bond donors (Lipinski definition) is 3. The highest BCUT2D eigenvalue weighted by Gasteiger charge is 2.11. The van der Waals surface area contributed by atoms with Crippen LogP contribution in [-0.2, 0) is 0 Å². The van der Waals surface area contributed by atoms with Gasteiger partial charge in [-0.1, -0.05) is 146 Å². The molecule has 0 aliphatic carbocycles. The SMILES string of the molecule is C/C=C(\c1ccc(C(/C=C\c2cc(-c3ccccc3)ccc2-c2ccccc2C)=C/CN)cc1)c1ccc2c(c1)sc1ccccc12.NCN.S. The molecule has 6 N–H and O–H groups in total. The first-order chi connectivity index (χ1) is 24.5. The second-order valence-corrected chi connectivity index (χ2v) is 13.1. The summed E-state index contributed by atoms with van der Waals surface area (Å²) in [6, 6.07) is 50.3. The average molecular weight is 704 g/mol. The molecule has 1 aromatic heterocycles. The van der Waals surface area contributed by atoms with Crippen molar-refractivity contribution < 1.29 is 0 Å². The number of benzene rings is 6. The number of aryl methyl sites for hydroxylation is 1. The fourth-order valence-corrected chi connectivity index (χ4v) is 7.60. The molecule has 0 atom stereocenters. The van der Waals surface area contributed by atoms with Crippen molar-refractivity contribution in [1.82, 2.24) is 0 Å². The van der Waals surface area contributed by atoms with Gasteiger partial charge < -0.3 is 17.2 Å². The van der Waals surface area contributed by atoms with E-state index >= 15 is 0 Å². The number of nitrogens with two attached hydrogens (primary N) is 3. The number of thiophene rings is 1. The van der Waals surface area contributed by atoms with Crippen molar-refractivity contribution in [2.45, 2.75) is 13.8 Å². The van der Waals surface area contributed by atoms with E-state index in [4.69, 9.17) is 5.73 Å². The summed E-state index contributed by atoms with van der Waals surface area (Å²) in [5, 5.41) is 2.65. The number of allylic oxidation sites excluding steroid dienone is 3. The van der Waals surface area contributed by atoms with Crippen LogP contribution in [0.3, 0.4) is 0 Å². The molecule has 0 saturated heterocycles. The molecule has 51 heavy (non-hydrogen) atoms.